The molecule has 0 spiro atoms. The van der Waals surface area contributed by atoms with Crippen LogP contribution in [0.25, 0.3) is 0 Å². The topological polar surface area (TPSA) is 46.3 Å². The molecule has 2 rings (SSSR count). The predicted molar refractivity (Wildman–Crippen MR) is 69.7 cm³/mol. The summed E-state index contributed by atoms with van der Waals surface area (Å²) in [7, 11) is 0. The molecule has 0 aliphatic heterocycles. The number of carbonyl (C=O) groups is 1. The number of rotatable bonds is 5. The first kappa shape index (κ1) is 12.1. The number of nitrogens with zero attached hydrogens (tertiary/aromatic N) is 1. The SMILES string of the molecule is CC1CC1C(=O)N(CCCN)c1ccccc1. The Morgan fingerprint density at radius 1 is 1.41 bits per heavy atom. The molecule has 2 N–H and O–H groups in total. The molecule has 1 aromatic carbocycles. The van der Waals surface area contributed by atoms with Crippen LogP contribution in [0.5, 0.6) is 0 Å². The molecule has 1 aromatic rings. The highest BCUT2D eigenvalue weighted by atomic mass is 16.2. The van der Waals surface area contributed by atoms with Gasteiger partial charge in [-0.1, -0.05) is 25.1 Å². The van der Waals surface area contributed by atoms with E-state index in [2.05, 4.69) is 6.92 Å². The lowest BCUT2D eigenvalue weighted by atomic mass is 10.2. The minimum absolute atomic E-state index is 0.230. The molecular weight excluding hydrogens is 212 g/mol. The van der Waals surface area contributed by atoms with Gasteiger partial charge in [0.05, 0.1) is 0 Å². The van der Waals surface area contributed by atoms with Gasteiger partial charge < -0.3 is 10.6 Å². The number of benzene rings is 1. The molecule has 1 fully saturated rings. The first-order valence-corrected chi connectivity index (χ1v) is 6.30. The number of hydrogen-bond acceptors (Lipinski definition) is 2. The first-order chi connectivity index (χ1) is 8.24. The van der Waals surface area contributed by atoms with Crippen molar-refractivity contribution in [3.8, 4) is 0 Å². The molecule has 0 aromatic heterocycles. The average Bonchev–Trinajstić information content (AvgIpc) is 3.08. The Morgan fingerprint density at radius 2 is 2.06 bits per heavy atom. The Hall–Kier alpha value is -1.35. The van der Waals surface area contributed by atoms with Gasteiger partial charge in [0.2, 0.25) is 5.91 Å². The fraction of sp³-hybridized carbons (Fsp3) is 0.500. The second-order valence-electron chi connectivity index (χ2n) is 4.79. The summed E-state index contributed by atoms with van der Waals surface area (Å²) in [6, 6.07) is 9.88. The van der Waals surface area contributed by atoms with Gasteiger partial charge in [0.25, 0.3) is 0 Å². The molecule has 0 bridgehead atoms. The van der Waals surface area contributed by atoms with E-state index >= 15 is 0 Å². The minimum Gasteiger partial charge on any atom is -0.330 e. The molecule has 3 heteroatoms. The van der Waals surface area contributed by atoms with Crippen LogP contribution in [-0.2, 0) is 4.79 Å². The zero-order valence-electron chi connectivity index (χ0n) is 10.3. The van der Waals surface area contributed by atoms with E-state index in [1.807, 2.05) is 35.2 Å². The number of para-hydroxylation sites is 1. The smallest absolute Gasteiger partial charge is 0.230 e. The van der Waals surface area contributed by atoms with Crippen LogP contribution in [0.2, 0.25) is 0 Å². The fourth-order valence-corrected chi connectivity index (χ4v) is 2.09. The zero-order valence-corrected chi connectivity index (χ0v) is 10.3. The lowest BCUT2D eigenvalue weighted by Gasteiger charge is -2.22. The van der Waals surface area contributed by atoms with E-state index in [-0.39, 0.29) is 11.8 Å². The monoisotopic (exact) mass is 232 g/mol. The zero-order chi connectivity index (χ0) is 12.3. The highest BCUT2D eigenvalue weighted by Gasteiger charge is 2.41. The van der Waals surface area contributed by atoms with Crippen LogP contribution in [0, 0.1) is 11.8 Å². The van der Waals surface area contributed by atoms with Crippen LogP contribution < -0.4 is 10.6 Å². The molecule has 0 radical (unpaired) electrons. The Kier molecular flexibility index (Phi) is 3.79. The van der Waals surface area contributed by atoms with E-state index in [1.165, 1.54) is 0 Å². The maximum atomic E-state index is 12.3. The van der Waals surface area contributed by atoms with Gasteiger partial charge in [-0.3, -0.25) is 4.79 Å². The molecular formula is C14H20N2O. The van der Waals surface area contributed by atoms with E-state index in [4.69, 9.17) is 5.73 Å². The maximum Gasteiger partial charge on any atom is 0.230 e. The Labute approximate surface area is 103 Å². The second-order valence-corrected chi connectivity index (χ2v) is 4.79. The highest BCUT2D eigenvalue weighted by molar-refractivity contribution is 5.96. The quantitative estimate of drug-likeness (QED) is 0.844. The van der Waals surface area contributed by atoms with Crippen molar-refractivity contribution in [2.24, 2.45) is 17.6 Å². The summed E-state index contributed by atoms with van der Waals surface area (Å²) >= 11 is 0. The Balaban J connectivity index is 2.10. The molecule has 1 aliphatic carbocycles. The van der Waals surface area contributed by atoms with E-state index in [1.54, 1.807) is 0 Å². The van der Waals surface area contributed by atoms with Crippen molar-refractivity contribution in [2.45, 2.75) is 19.8 Å². The van der Waals surface area contributed by atoms with Gasteiger partial charge in [0, 0.05) is 18.2 Å². The largest absolute Gasteiger partial charge is 0.330 e. The number of nitrogens with two attached hydrogens (primary N) is 1. The summed E-state index contributed by atoms with van der Waals surface area (Å²) in [6.07, 6.45) is 1.88. The van der Waals surface area contributed by atoms with Gasteiger partial charge in [-0.05, 0) is 37.4 Å². The lowest BCUT2D eigenvalue weighted by Crippen LogP contribution is -2.34. The molecule has 1 saturated carbocycles. The summed E-state index contributed by atoms with van der Waals surface area (Å²) in [4.78, 5) is 14.2. The normalized spacial score (nSPS) is 22.2. The van der Waals surface area contributed by atoms with E-state index < -0.39 is 0 Å². The molecule has 2 unspecified atom stereocenters. The van der Waals surface area contributed by atoms with Crippen LogP contribution in [0.3, 0.4) is 0 Å². The highest BCUT2D eigenvalue weighted by Crippen LogP contribution is 2.40. The number of anilines is 1. The molecule has 92 valence electrons. The van der Waals surface area contributed by atoms with Crippen molar-refractivity contribution in [3.63, 3.8) is 0 Å². The minimum atomic E-state index is 0.230. The standard InChI is InChI=1S/C14H20N2O/c1-11-10-13(11)14(17)16(9-5-8-15)12-6-3-2-4-7-12/h2-4,6-7,11,13H,5,8-10,15H2,1H3. The van der Waals surface area contributed by atoms with Crippen molar-refractivity contribution in [1.29, 1.82) is 0 Å². The van der Waals surface area contributed by atoms with Crippen molar-refractivity contribution >= 4 is 11.6 Å². The van der Waals surface area contributed by atoms with Gasteiger partial charge >= 0.3 is 0 Å². The lowest BCUT2D eigenvalue weighted by molar-refractivity contribution is -0.120. The van der Waals surface area contributed by atoms with Gasteiger partial charge in [-0.15, -0.1) is 0 Å². The summed E-state index contributed by atoms with van der Waals surface area (Å²) in [5.74, 6) is 1.04. The molecule has 2 atom stereocenters. The first-order valence-electron chi connectivity index (χ1n) is 6.30. The molecule has 1 aliphatic rings. The summed E-state index contributed by atoms with van der Waals surface area (Å²) in [6.45, 7) is 3.48. The molecule has 17 heavy (non-hydrogen) atoms. The van der Waals surface area contributed by atoms with Crippen molar-refractivity contribution in [1.82, 2.24) is 0 Å². The number of amides is 1. The van der Waals surface area contributed by atoms with Crippen LogP contribution in [0.15, 0.2) is 30.3 Å². The van der Waals surface area contributed by atoms with Crippen molar-refractivity contribution in [2.75, 3.05) is 18.0 Å². The molecule has 1 amide bonds. The Bertz CT molecular complexity index is 377. The van der Waals surface area contributed by atoms with Gasteiger partial charge in [-0.2, -0.15) is 0 Å². The number of carbonyl (C=O) groups excluding carboxylic acids is 1. The molecule has 0 heterocycles. The Morgan fingerprint density at radius 3 is 2.59 bits per heavy atom. The van der Waals surface area contributed by atoms with E-state index in [0.717, 1.165) is 25.1 Å². The molecule has 0 saturated heterocycles. The number of hydrogen-bond donors (Lipinski definition) is 1. The van der Waals surface area contributed by atoms with E-state index in [9.17, 15) is 4.79 Å². The maximum absolute atomic E-state index is 12.3. The second kappa shape index (κ2) is 5.32. The van der Waals surface area contributed by atoms with Gasteiger partial charge in [-0.25, -0.2) is 0 Å². The molecule has 3 nitrogen and oxygen atoms in total. The van der Waals surface area contributed by atoms with Crippen LogP contribution in [-0.4, -0.2) is 19.0 Å². The van der Waals surface area contributed by atoms with Crippen LogP contribution in [0.1, 0.15) is 19.8 Å². The van der Waals surface area contributed by atoms with E-state index in [0.29, 0.717) is 12.5 Å². The summed E-state index contributed by atoms with van der Waals surface area (Å²) in [5, 5.41) is 0. The third kappa shape index (κ3) is 2.86. The van der Waals surface area contributed by atoms with Crippen molar-refractivity contribution in [3.05, 3.63) is 30.3 Å². The van der Waals surface area contributed by atoms with Crippen LogP contribution >= 0.6 is 0 Å². The van der Waals surface area contributed by atoms with Crippen molar-refractivity contribution < 1.29 is 4.79 Å². The third-order valence-corrected chi connectivity index (χ3v) is 3.35. The summed E-state index contributed by atoms with van der Waals surface area (Å²) in [5.41, 5.74) is 6.53. The van der Waals surface area contributed by atoms with Gasteiger partial charge in [0.15, 0.2) is 0 Å². The van der Waals surface area contributed by atoms with Gasteiger partial charge in [0.1, 0.15) is 0 Å². The predicted octanol–water partition coefficient (Wildman–Crippen LogP) is 2.02. The summed E-state index contributed by atoms with van der Waals surface area (Å²) < 4.78 is 0. The average molecular weight is 232 g/mol. The third-order valence-electron chi connectivity index (χ3n) is 3.35. The fourth-order valence-electron chi connectivity index (χ4n) is 2.09. The van der Waals surface area contributed by atoms with Crippen LogP contribution in [0.4, 0.5) is 5.69 Å².